The number of ether oxygens (including phenoxy) is 1. The third kappa shape index (κ3) is 3.11. The van der Waals surface area contributed by atoms with E-state index in [2.05, 4.69) is 5.10 Å². The molecular formula is C18H23N3O3. The third-order valence-electron chi connectivity index (χ3n) is 4.73. The highest BCUT2D eigenvalue weighted by molar-refractivity contribution is 5.91. The molecule has 128 valence electrons. The quantitative estimate of drug-likeness (QED) is 0.845. The molecule has 6 heteroatoms. The summed E-state index contributed by atoms with van der Waals surface area (Å²) in [6.45, 7) is 4.47. The molecule has 0 saturated heterocycles. The van der Waals surface area contributed by atoms with Gasteiger partial charge < -0.3 is 14.1 Å². The van der Waals surface area contributed by atoms with Gasteiger partial charge >= 0.3 is 0 Å². The van der Waals surface area contributed by atoms with E-state index in [9.17, 15) is 4.79 Å². The van der Waals surface area contributed by atoms with Crippen molar-refractivity contribution in [3.05, 3.63) is 41.1 Å². The Bertz CT molecular complexity index is 745. The number of aromatic nitrogens is 2. The Morgan fingerprint density at radius 3 is 2.92 bits per heavy atom. The molecule has 0 spiro atoms. The first kappa shape index (κ1) is 15.4. The zero-order chi connectivity index (χ0) is 16.7. The normalized spacial score (nSPS) is 20.2. The maximum atomic E-state index is 12.7. The molecule has 0 bridgehead atoms. The fourth-order valence-corrected chi connectivity index (χ4v) is 3.30. The molecule has 0 aromatic carbocycles. The van der Waals surface area contributed by atoms with Crippen molar-refractivity contribution in [2.45, 2.75) is 32.2 Å². The molecular weight excluding hydrogens is 306 g/mol. The van der Waals surface area contributed by atoms with Crippen LogP contribution in [0.3, 0.4) is 0 Å². The van der Waals surface area contributed by atoms with Crippen molar-refractivity contribution >= 4 is 5.91 Å². The summed E-state index contributed by atoms with van der Waals surface area (Å²) in [6.07, 6.45) is 4.56. The summed E-state index contributed by atoms with van der Waals surface area (Å²) in [7, 11) is 1.92. The van der Waals surface area contributed by atoms with Crippen LogP contribution in [0.15, 0.2) is 22.7 Å². The smallest absolute Gasteiger partial charge is 0.289 e. The molecule has 6 nitrogen and oxygen atoms in total. The molecule has 24 heavy (non-hydrogen) atoms. The number of carbonyl (C=O) groups excluding carboxylic acids is 1. The molecule has 0 N–H and O–H groups in total. The highest BCUT2D eigenvalue weighted by atomic mass is 16.5. The number of hydrogen-bond donors (Lipinski definition) is 0. The predicted molar refractivity (Wildman–Crippen MR) is 87.7 cm³/mol. The molecule has 1 fully saturated rings. The van der Waals surface area contributed by atoms with Crippen LogP contribution in [-0.2, 0) is 18.3 Å². The number of hydrogen-bond acceptors (Lipinski definition) is 4. The Morgan fingerprint density at radius 1 is 1.38 bits per heavy atom. The molecule has 1 aliphatic carbocycles. The van der Waals surface area contributed by atoms with Gasteiger partial charge in [-0.1, -0.05) is 0 Å². The van der Waals surface area contributed by atoms with Crippen molar-refractivity contribution in [2.24, 2.45) is 13.0 Å². The van der Waals surface area contributed by atoms with Crippen molar-refractivity contribution < 1.29 is 13.9 Å². The van der Waals surface area contributed by atoms with Crippen LogP contribution in [-0.4, -0.2) is 40.3 Å². The minimum absolute atomic E-state index is 0.0650. The number of aryl methyl sites for hydroxylation is 2. The van der Waals surface area contributed by atoms with E-state index >= 15 is 0 Å². The molecule has 1 atom stereocenters. The first-order valence-corrected chi connectivity index (χ1v) is 8.56. The molecule has 2 aromatic rings. The van der Waals surface area contributed by atoms with E-state index in [1.165, 1.54) is 12.8 Å². The molecule has 1 amide bonds. The maximum absolute atomic E-state index is 12.7. The van der Waals surface area contributed by atoms with E-state index in [1.54, 1.807) is 6.07 Å². The highest BCUT2D eigenvalue weighted by Gasteiger charge is 2.33. The van der Waals surface area contributed by atoms with Gasteiger partial charge in [0.2, 0.25) is 0 Å². The maximum Gasteiger partial charge on any atom is 0.289 e. The fourth-order valence-electron chi connectivity index (χ4n) is 3.30. The van der Waals surface area contributed by atoms with Gasteiger partial charge in [0.1, 0.15) is 5.76 Å². The summed E-state index contributed by atoms with van der Waals surface area (Å²) in [6, 6.07) is 3.57. The van der Waals surface area contributed by atoms with Crippen LogP contribution >= 0.6 is 0 Å². The number of fused-ring (bicyclic) bond motifs is 1. The molecule has 1 unspecified atom stereocenters. The summed E-state index contributed by atoms with van der Waals surface area (Å²) < 4.78 is 13.2. The van der Waals surface area contributed by atoms with Gasteiger partial charge in [0.05, 0.1) is 12.3 Å². The summed E-state index contributed by atoms with van der Waals surface area (Å²) in [4.78, 5) is 14.6. The van der Waals surface area contributed by atoms with Gasteiger partial charge in [-0.15, -0.1) is 0 Å². The van der Waals surface area contributed by atoms with Gasteiger partial charge in [-0.05, 0) is 37.8 Å². The lowest BCUT2D eigenvalue weighted by atomic mass is 9.97. The van der Waals surface area contributed by atoms with Gasteiger partial charge in [-0.2, -0.15) is 5.10 Å². The largest absolute Gasteiger partial charge is 0.456 e. The molecule has 0 radical (unpaired) electrons. The summed E-state index contributed by atoms with van der Waals surface area (Å²) in [5, 5.41) is 4.59. The topological polar surface area (TPSA) is 60.5 Å². The van der Waals surface area contributed by atoms with Crippen molar-refractivity contribution in [3.8, 4) is 0 Å². The molecule has 1 saturated carbocycles. The zero-order valence-electron chi connectivity index (χ0n) is 14.2. The average molecular weight is 329 g/mol. The molecule has 4 rings (SSSR count). The average Bonchev–Trinajstić information content (AvgIpc) is 3.14. The molecule has 2 aromatic heterocycles. The minimum Gasteiger partial charge on any atom is -0.456 e. The third-order valence-corrected chi connectivity index (χ3v) is 4.73. The van der Waals surface area contributed by atoms with E-state index in [1.807, 2.05) is 35.8 Å². The van der Waals surface area contributed by atoms with Gasteiger partial charge in [-0.25, -0.2) is 0 Å². The van der Waals surface area contributed by atoms with Crippen molar-refractivity contribution in [3.63, 3.8) is 0 Å². The predicted octanol–water partition coefficient (Wildman–Crippen LogP) is 2.49. The van der Waals surface area contributed by atoms with Crippen LogP contribution in [0.2, 0.25) is 0 Å². The molecule has 2 aliphatic rings. The first-order valence-electron chi connectivity index (χ1n) is 8.56. The number of furan rings is 1. The Hall–Kier alpha value is -2.08. The van der Waals surface area contributed by atoms with Gasteiger partial charge in [0, 0.05) is 44.4 Å². The number of carbonyl (C=O) groups is 1. The van der Waals surface area contributed by atoms with E-state index < -0.39 is 0 Å². The van der Waals surface area contributed by atoms with Gasteiger partial charge in [0.25, 0.3) is 5.91 Å². The summed E-state index contributed by atoms with van der Waals surface area (Å²) in [5.41, 5.74) is 2.16. The second-order valence-corrected chi connectivity index (χ2v) is 6.99. The van der Waals surface area contributed by atoms with Crippen molar-refractivity contribution in [2.75, 3.05) is 19.8 Å². The van der Waals surface area contributed by atoms with E-state index in [-0.39, 0.29) is 11.8 Å². The summed E-state index contributed by atoms with van der Waals surface area (Å²) >= 11 is 0. The van der Waals surface area contributed by atoms with E-state index in [0.29, 0.717) is 25.5 Å². The highest BCUT2D eigenvalue weighted by Crippen LogP contribution is 2.31. The number of rotatable bonds is 5. The Balaban J connectivity index is 1.51. The van der Waals surface area contributed by atoms with Gasteiger partial charge in [-0.3, -0.25) is 9.48 Å². The standard InChI is InChI=1S/C18H23N3O3/c1-12-3-6-16(24-12)18(22)21-8-14-7-20(2)19-17(14)15(9-21)11-23-10-13-4-5-13/h3,6-7,13,15H,4-5,8-11H2,1-2H3. The Morgan fingerprint density at radius 2 is 2.21 bits per heavy atom. The van der Waals surface area contributed by atoms with Crippen molar-refractivity contribution in [1.82, 2.24) is 14.7 Å². The number of amides is 1. The molecule has 1 aliphatic heterocycles. The molecule has 3 heterocycles. The fraction of sp³-hybridized carbons (Fsp3) is 0.556. The lowest BCUT2D eigenvalue weighted by molar-refractivity contribution is 0.0597. The van der Waals surface area contributed by atoms with Crippen molar-refractivity contribution in [1.29, 1.82) is 0 Å². The SMILES string of the molecule is Cc1ccc(C(=O)N2Cc3cn(C)nc3C(COCC3CC3)C2)o1. The lowest BCUT2D eigenvalue weighted by Gasteiger charge is -2.31. The van der Waals surface area contributed by atoms with E-state index in [4.69, 9.17) is 9.15 Å². The second kappa shape index (κ2) is 6.09. The van der Waals surface area contributed by atoms with Crippen LogP contribution in [0.4, 0.5) is 0 Å². The van der Waals surface area contributed by atoms with Crippen LogP contribution in [0.5, 0.6) is 0 Å². The zero-order valence-corrected chi connectivity index (χ0v) is 14.2. The first-order chi connectivity index (χ1) is 11.6. The van der Waals surface area contributed by atoms with Crippen LogP contribution < -0.4 is 0 Å². The van der Waals surface area contributed by atoms with Crippen LogP contribution in [0.1, 0.15) is 46.3 Å². The van der Waals surface area contributed by atoms with Gasteiger partial charge in [0.15, 0.2) is 5.76 Å². The Kier molecular flexibility index (Phi) is 3.92. The monoisotopic (exact) mass is 329 g/mol. The number of nitrogens with zero attached hydrogens (tertiary/aromatic N) is 3. The Labute approximate surface area is 141 Å². The second-order valence-electron chi connectivity index (χ2n) is 6.99. The minimum atomic E-state index is -0.0650. The van der Waals surface area contributed by atoms with Crippen LogP contribution in [0, 0.1) is 12.8 Å². The van der Waals surface area contributed by atoms with Crippen LogP contribution in [0.25, 0.3) is 0 Å². The van der Waals surface area contributed by atoms with E-state index in [0.717, 1.165) is 29.5 Å². The summed E-state index contributed by atoms with van der Waals surface area (Å²) in [5.74, 6) is 1.94. The lowest BCUT2D eigenvalue weighted by Crippen LogP contribution is -2.39.